The smallest absolute Gasteiger partial charge is 0.220 e. The molecule has 0 saturated carbocycles. The van der Waals surface area contributed by atoms with Crippen LogP contribution >= 0.6 is 11.6 Å². The van der Waals surface area contributed by atoms with Gasteiger partial charge in [0.1, 0.15) is 0 Å². The summed E-state index contributed by atoms with van der Waals surface area (Å²) in [5.74, 6) is -0.386. The molecule has 0 aromatic heterocycles. The van der Waals surface area contributed by atoms with E-state index < -0.39 is 6.04 Å². The van der Waals surface area contributed by atoms with E-state index in [0.29, 0.717) is 13.0 Å². The molecule has 1 amide bonds. The van der Waals surface area contributed by atoms with E-state index in [0.717, 1.165) is 0 Å². The minimum atomic E-state index is -0.611. The van der Waals surface area contributed by atoms with E-state index in [-0.39, 0.29) is 24.0 Å². The van der Waals surface area contributed by atoms with Crippen LogP contribution in [0.4, 0.5) is 0 Å². The molecule has 0 heterocycles. The number of hydrogen-bond acceptors (Lipinski definition) is 3. The maximum absolute atomic E-state index is 10.9. The zero-order valence-electron chi connectivity index (χ0n) is 7.68. The molecule has 4 nitrogen and oxygen atoms in total. The van der Waals surface area contributed by atoms with Crippen LogP contribution in [0.2, 0.25) is 0 Å². The number of halogens is 1. The third kappa shape index (κ3) is 5.60. The molecule has 0 aromatic rings. The Morgan fingerprint density at radius 3 is 2.62 bits per heavy atom. The molecule has 0 bridgehead atoms. The third-order valence-corrected chi connectivity index (χ3v) is 1.87. The molecule has 0 radical (unpaired) electrons. The molecule has 13 heavy (non-hydrogen) atoms. The standard InChI is InChI=1S/C8H15ClN2O2/c1-2-11-8(13)4-3-6(10)7(12)5-9/h6H,2-5,10H2,1H3,(H,11,13)/t6-/m0/s1. The first-order valence-corrected chi connectivity index (χ1v) is 4.76. The Labute approximate surface area is 82.8 Å². The highest BCUT2D eigenvalue weighted by atomic mass is 35.5. The van der Waals surface area contributed by atoms with Gasteiger partial charge >= 0.3 is 0 Å². The Bertz CT molecular complexity index is 185. The van der Waals surface area contributed by atoms with Gasteiger partial charge in [-0.3, -0.25) is 9.59 Å². The Morgan fingerprint density at radius 2 is 2.15 bits per heavy atom. The van der Waals surface area contributed by atoms with Crippen LogP contribution < -0.4 is 11.1 Å². The largest absolute Gasteiger partial charge is 0.356 e. The lowest BCUT2D eigenvalue weighted by molar-refractivity contribution is -0.121. The van der Waals surface area contributed by atoms with Crippen LogP contribution in [-0.4, -0.2) is 30.2 Å². The predicted octanol–water partition coefficient (Wildman–Crippen LogP) is 0.0379. The molecule has 0 saturated heterocycles. The number of Topliss-reactive ketones (excluding diaryl/α,β-unsaturated/α-hetero) is 1. The first kappa shape index (κ1) is 12.4. The van der Waals surface area contributed by atoms with E-state index in [1.54, 1.807) is 0 Å². The highest BCUT2D eigenvalue weighted by Gasteiger charge is 2.13. The maximum atomic E-state index is 10.9. The lowest BCUT2D eigenvalue weighted by Crippen LogP contribution is -2.33. The summed E-state index contributed by atoms with van der Waals surface area (Å²) in [7, 11) is 0. The number of amides is 1. The van der Waals surface area contributed by atoms with Crippen molar-refractivity contribution in [2.45, 2.75) is 25.8 Å². The first-order valence-electron chi connectivity index (χ1n) is 4.22. The van der Waals surface area contributed by atoms with E-state index in [1.807, 2.05) is 6.92 Å². The van der Waals surface area contributed by atoms with Gasteiger partial charge in [-0.25, -0.2) is 0 Å². The second-order valence-electron chi connectivity index (χ2n) is 2.70. The molecule has 0 aliphatic heterocycles. The molecule has 0 aromatic carbocycles. The first-order chi connectivity index (χ1) is 6.11. The summed E-state index contributed by atoms with van der Waals surface area (Å²) < 4.78 is 0. The summed E-state index contributed by atoms with van der Waals surface area (Å²) in [4.78, 5) is 21.8. The van der Waals surface area contributed by atoms with Crippen molar-refractivity contribution in [2.75, 3.05) is 12.4 Å². The van der Waals surface area contributed by atoms with Crippen molar-refractivity contribution in [3.63, 3.8) is 0 Å². The van der Waals surface area contributed by atoms with E-state index in [2.05, 4.69) is 5.32 Å². The summed E-state index contributed by atoms with van der Waals surface area (Å²) in [5.41, 5.74) is 5.46. The van der Waals surface area contributed by atoms with Crippen molar-refractivity contribution < 1.29 is 9.59 Å². The number of hydrogen-bond donors (Lipinski definition) is 2. The fraction of sp³-hybridized carbons (Fsp3) is 0.750. The Hall–Kier alpha value is -0.610. The topological polar surface area (TPSA) is 72.2 Å². The van der Waals surface area contributed by atoms with E-state index in [1.165, 1.54) is 0 Å². The van der Waals surface area contributed by atoms with Crippen LogP contribution in [0.25, 0.3) is 0 Å². The summed E-state index contributed by atoms with van der Waals surface area (Å²) >= 11 is 5.29. The Balaban J connectivity index is 3.63. The SMILES string of the molecule is CCNC(=O)CC[C@H](N)C(=O)CCl. The average Bonchev–Trinajstić information content (AvgIpc) is 2.13. The van der Waals surface area contributed by atoms with Crippen molar-refractivity contribution >= 4 is 23.3 Å². The zero-order valence-corrected chi connectivity index (χ0v) is 8.43. The van der Waals surface area contributed by atoms with Crippen LogP contribution in [-0.2, 0) is 9.59 Å². The minimum absolute atomic E-state index is 0.0830. The molecule has 0 spiro atoms. The van der Waals surface area contributed by atoms with Gasteiger partial charge in [-0.05, 0) is 13.3 Å². The average molecular weight is 207 g/mol. The van der Waals surface area contributed by atoms with Crippen LogP contribution in [0.5, 0.6) is 0 Å². The molecule has 1 atom stereocenters. The lowest BCUT2D eigenvalue weighted by Gasteiger charge is -2.07. The van der Waals surface area contributed by atoms with Gasteiger partial charge in [0, 0.05) is 13.0 Å². The molecular weight excluding hydrogens is 192 g/mol. The van der Waals surface area contributed by atoms with Crippen molar-refractivity contribution in [2.24, 2.45) is 5.73 Å². The van der Waals surface area contributed by atoms with Gasteiger partial charge in [0.2, 0.25) is 5.91 Å². The molecule has 0 unspecified atom stereocenters. The summed E-state index contributed by atoms with van der Waals surface area (Å²) in [6.45, 7) is 2.43. The monoisotopic (exact) mass is 206 g/mol. The van der Waals surface area contributed by atoms with Gasteiger partial charge in [-0.2, -0.15) is 0 Å². The zero-order chi connectivity index (χ0) is 10.3. The predicted molar refractivity (Wildman–Crippen MR) is 51.6 cm³/mol. The lowest BCUT2D eigenvalue weighted by atomic mass is 10.1. The second-order valence-corrected chi connectivity index (χ2v) is 2.97. The molecule has 0 aliphatic carbocycles. The van der Waals surface area contributed by atoms with Gasteiger partial charge in [0.05, 0.1) is 11.9 Å². The number of carbonyl (C=O) groups is 2. The van der Waals surface area contributed by atoms with Crippen molar-refractivity contribution in [3.05, 3.63) is 0 Å². The molecule has 0 rings (SSSR count). The number of ketones is 1. The quantitative estimate of drug-likeness (QED) is 0.603. The number of carbonyl (C=O) groups excluding carboxylic acids is 2. The third-order valence-electron chi connectivity index (χ3n) is 1.60. The van der Waals surface area contributed by atoms with Crippen molar-refractivity contribution in [3.8, 4) is 0 Å². The van der Waals surface area contributed by atoms with Gasteiger partial charge in [0.25, 0.3) is 0 Å². The van der Waals surface area contributed by atoms with E-state index in [9.17, 15) is 9.59 Å². The normalized spacial score (nSPS) is 12.2. The Morgan fingerprint density at radius 1 is 1.54 bits per heavy atom. The molecule has 76 valence electrons. The van der Waals surface area contributed by atoms with Crippen LogP contribution in [0.3, 0.4) is 0 Å². The molecule has 5 heteroatoms. The number of alkyl halides is 1. The Kier molecular flexibility index (Phi) is 6.54. The van der Waals surface area contributed by atoms with Crippen LogP contribution in [0, 0.1) is 0 Å². The summed E-state index contributed by atoms with van der Waals surface area (Å²) in [6, 6.07) is -0.611. The second kappa shape index (κ2) is 6.86. The number of rotatable bonds is 6. The van der Waals surface area contributed by atoms with Gasteiger partial charge < -0.3 is 11.1 Å². The van der Waals surface area contributed by atoms with Crippen LogP contribution in [0.15, 0.2) is 0 Å². The summed E-state index contributed by atoms with van der Waals surface area (Å²) in [6.07, 6.45) is 0.634. The highest BCUT2D eigenvalue weighted by Crippen LogP contribution is 1.97. The van der Waals surface area contributed by atoms with Crippen LogP contribution in [0.1, 0.15) is 19.8 Å². The fourth-order valence-electron chi connectivity index (χ4n) is 0.832. The highest BCUT2D eigenvalue weighted by molar-refractivity contribution is 6.28. The fourth-order valence-corrected chi connectivity index (χ4v) is 1.03. The van der Waals surface area contributed by atoms with E-state index >= 15 is 0 Å². The minimum Gasteiger partial charge on any atom is -0.356 e. The summed E-state index contributed by atoms with van der Waals surface area (Å²) in [5, 5.41) is 2.62. The number of nitrogens with two attached hydrogens (primary N) is 1. The number of nitrogens with one attached hydrogen (secondary N) is 1. The van der Waals surface area contributed by atoms with Gasteiger partial charge in [-0.1, -0.05) is 0 Å². The van der Waals surface area contributed by atoms with Gasteiger partial charge in [0.15, 0.2) is 5.78 Å². The molecule has 0 aliphatic rings. The maximum Gasteiger partial charge on any atom is 0.220 e. The molecule has 0 fully saturated rings. The van der Waals surface area contributed by atoms with E-state index in [4.69, 9.17) is 17.3 Å². The van der Waals surface area contributed by atoms with Crippen molar-refractivity contribution in [1.29, 1.82) is 0 Å². The van der Waals surface area contributed by atoms with Gasteiger partial charge in [-0.15, -0.1) is 11.6 Å². The van der Waals surface area contributed by atoms with Crippen molar-refractivity contribution in [1.82, 2.24) is 5.32 Å². The molecule has 3 N–H and O–H groups in total. The molecular formula is C8H15ClN2O2.